The zero-order chi connectivity index (χ0) is 14.0. The lowest BCUT2D eigenvalue weighted by Crippen LogP contribution is -1.98. The van der Waals surface area contributed by atoms with Crippen molar-refractivity contribution < 1.29 is 0 Å². The highest BCUT2D eigenvalue weighted by atomic mass is 14.8. The fourth-order valence-corrected chi connectivity index (χ4v) is 1.89. The van der Waals surface area contributed by atoms with Crippen LogP contribution in [0.3, 0.4) is 0 Å². The molecule has 1 nitrogen and oxygen atoms in total. The number of rotatable bonds is 13. The summed E-state index contributed by atoms with van der Waals surface area (Å²) in [5.41, 5.74) is 0. The van der Waals surface area contributed by atoms with Gasteiger partial charge < -0.3 is 0 Å². The Balaban J connectivity index is 3.19. The Morgan fingerprint density at radius 3 is 1.95 bits per heavy atom. The molecule has 109 valence electrons. The monoisotopic (exact) mass is 262 g/mol. The van der Waals surface area contributed by atoms with Crippen LogP contribution in [0, 0.1) is 0 Å². The van der Waals surface area contributed by atoms with E-state index >= 15 is 0 Å². The molecular formula is C18H32N. The summed E-state index contributed by atoms with van der Waals surface area (Å²) in [6.07, 6.45) is 24.8. The van der Waals surface area contributed by atoms with E-state index in [1.165, 1.54) is 38.5 Å². The van der Waals surface area contributed by atoms with Crippen LogP contribution in [-0.2, 0) is 0 Å². The van der Waals surface area contributed by atoms with E-state index in [4.69, 9.17) is 0 Å². The maximum atomic E-state index is 4.11. The fourth-order valence-electron chi connectivity index (χ4n) is 1.89. The molecule has 0 bridgehead atoms. The number of nitrogens with zero attached hydrogens (tertiary/aromatic N) is 1. The summed E-state index contributed by atoms with van der Waals surface area (Å²) < 4.78 is 0. The van der Waals surface area contributed by atoms with Crippen LogP contribution in [0.5, 0.6) is 0 Å². The number of allylic oxidation sites excluding steroid dienone is 6. The summed E-state index contributed by atoms with van der Waals surface area (Å²) in [7, 11) is 1.90. The van der Waals surface area contributed by atoms with Crippen molar-refractivity contribution in [2.75, 3.05) is 13.6 Å². The second kappa shape index (κ2) is 17.2. The normalized spacial score (nSPS) is 12.3. The van der Waals surface area contributed by atoms with Gasteiger partial charge in [0.1, 0.15) is 0 Å². The van der Waals surface area contributed by atoms with E-state index in [1.54, 1.807) is 0 Å². The van der Waals surface area contributed by atoms with Crippen LogP contribution in [0.25, 0.3) is 0 Å². The third kappa shape index (κ3) is 17.2. The van der Waals surface area contributed by atoms with Crippen LogP contribution >= 0.6 is 0 Å². The molecule has 0 aromatic carbocycles. The molecule has 0 aromatic heterocycles. The molecule has 0 atom stereocenters. The van der Waals surface area contributed by atoms with Gasteiger partial charge in [0.05, 0.1) is 0 Å². The highest BCUT2D eigenvalue weighted by Gasteiger charge is 1.89. The van der Waals surface area contributed by atoms with Crippen molar-refractivity contribution in [2.45, 2.75) is 64.7 Å². The van der Waals surface area contributed by atoms with Gasteiger partial charge in [-0.1, -0.05) is 62.6 Å². The van der Waals surface area contributed by atoms with Crippen molar-refractivity contribution in [3.8, 4) is 0 Å². The van der Waals surface area contributed by atoms with Crippen molar-refractivity contribution >= 4 is 0 Å². The average Bonchev–Trinajstić information content (AvgIpc) is 2.43. The lowest BCUT2D eigenvalue weighted by Gasteiger charge is -1.98. The van der Waals surface area contributed by atoms with Gasteiger partial charge in [-0.25, -0.2) is 5.32 Å². The second-order valence-corrected chi connectivity index (χ2v) is 4.89. The molecule has 0 unspecified atom stereocenters. The lowest BCUT2D eigenvalue weighted by molar-refractivity contribution is 0.596. The number of hydrogen-bond acceptors (Lipinski definition) is 0. The van der Waals surface area contributed by atoms with Crippen molar-refractivity contribution in [3.63, 3.8) is 0 Å². The third-order valence-electron chi connectivity index (χ3n) is 3.03. The second-order valence-electron chi connectivity index (χ2n) is 4.89. The van der Waals surface area contributed by atoms with E-state index in [0.717, 1.165) is 25.8 Å². The minimum atomic E-state index is 1.04. The molecule has 1 heteroatoms. The first-order valence-electron chi connectivity index (χ1n) is 7.92. The molecule has 0 fully saturated rings. The predicted molar refractivity (Wildman–Crippen MR) is 87.6 cm³/mol. The zero-order valence-corrected chi connectivity index (χ0v) is 13.0. The Morgan fingerprint density at radius 2 is 1.26 bits per heavy atom. The Kier molecular flexibility index (Phi) is 16.4. The molecule has 0 saturated heterocycles. The lowest BCUT2D eigenvalue weighted by atomic mass is 10.1. The van der Waals surface area contributed by atoms with Crippen LogP contribution in [0.4, 0.5) is 0 Å². The van der Waals surface area contributed by atoms with Gasteiger partial charge in [0.2, 0.25) is 0 Å². The van der Waals surface area contributed by atoms with E-state index in [1.807, 2.05) is 7.05 Å². The molecule has 1 radical (unpaired) electrons. The van der Waals surface area contributed by atoms with E-state index in [0.29, 0.717) is 0 Å². The van der Waals surface area contributed by atoms with Crippen molar-refractivity contribution in [2.24, 2.45) is 0 Å². The van der Waals surface area contributed by atoms with Crippen LogP contribution in [0.15, 0.2) is 36.5 Å². The van der Waals surface area contributed by atoms with Gasteiger partial charge in [-0.2, -0.15) is 0 Å². The van der Waals surface area contributed by atoms with Crippen molar-refractivity contribution in [1.29, 1.82) is 0 Å². The number of hydrogen-bond donors (Lipinski definition) is 0. The van der Waals surface area contributed by atoms with Gasteiger partial charge in [-0.3, -0.25) is 0 Å². The molecule has 0 rings (SSSR count). The smallest absolute Gasteiger partial charge is 0.0130 e. The molecule has 0 aliphatic carbocycles. The van der Waals surface area contributed by atoms with E-state index in [-0.39, 0.29) is 0 Å². The van der Waals surface area contributed by atoms with Gasteiger partial charge in [0.15, 0.2) is 0 Å². The average molecular weight is 262 g/mol. The molecule has 0 aliphatic heterocycles. The molecule has 0 aliphatic rings. The molecule has 0 saturated carbocycles. The summed E-state index contributed by atoms with van der Waals surface area (Å²) in [5.74, 6) is 0. The van der Waals surface area contributed by atoms with Crippen LogP contribution in [-0.4, -0.2) is 13.6 Å². The first kappa shape index (κ1) is 18.2. The summed E-state index contributed by atoms with van der Waals surface area (Å²) in [6, 6.07) is 0. The Morgan fingerprint density at radius 1 is 0.684 bits per heavy atom. The van der Waals surface area contributed by atoms with E-state index in [2.05, 4.69) is 48.7 Å². The molecule has 0 aromatic rings. The highest BCUT2D eigenvalue weighted by Crippen LogP contribution is 2.05. The molecular weight excluding hydrogens is 230 g/mol. The Hall–Kier alpha value is -0.820. The Bertz CT molecular complexity index is 238. The van der Waals surface area contributed by atoms with Crippen LogP contribution in [0.1, 0.15) is 64.7 Å². The maximum absolute atomic E-state index is 4.11. The predicted octanol–water partition coefficient (Wildman–Crippen LogP) is 5.42. The molecule has 0 amide bonds. The van der Waals surface area contributed by atoms with Crippen LogP contribution in [0.2, 0.25) is 0 Å². The molecule has 19 heavy (non-hydrogen) atoms. The summed E-state index contributed by atoms with van der Waals surface area (Å²) >= 11 is 0. The van der Waals surface area contributed by atoms with Gasteiger partial charge in [0, 0.05) is 13.6 Å². The maximum Gasteiger partial charge on any atom is 0.0130 e. The quantitative estimate of drug-likeness (QED) is 0.311. The van der Waals surface area contributed by atoms with E-state index in [9.17, 15) is 0 Å². The first-order chi connectivity index (χ1) is 9.41. The van der Waals surface area contributed by atoms with Gasteiger partial charge in [-0.05, 0) is 38.5 Å². The van der Waals surface area contributed by atoms with Gasteiger partial charge in [-0.15, -0.1) is 0 Å². The summed E-state index contributed by atoms with van der Waals surface area (Å²) in [5, 5.41) is 4.11. The molecule has 0 spiro atoms. The third-order valence-corrected chi connectivity index (χ3v) is 3.03. The largest absolute Gasteiger partial charge is 0.245 e. The minimum absolute atomic E-state index is 1.04. The first-order valence-corrected chi connectivity index (χ1v) is 7.92. The van der Waals surface area contributed by atoms with E-state index < -0.39 is 0 Å². The van der Waals surface area contributed by atoms with Crippen LogP contribution < -0.4 is 5.32 Å². The zero-order valence-electron chi connectivity index (χ0n) is 13.0. The number of unbranched alkanes of at least 4 members (excludes halogenated alkanes) is 5. The van der Waals surface area contributed by atoms with Gasteiger partial charge in [0.25, 0.3) is 0 Å². The highest BCUT2D eigenvalue weighted by molar-refractivity contribution is 4.96. The topological polar surface area (TPSA) is 14.1 Å². The minimum Gasteiger partial charge on any atom is -0.245 e. The van der Waals surface area contributed by atoms with Crippen molar-refractivity contribution in [3.05, 3.63) is 36.5 Å². The molecule has 0 heterocycles. The summed E-state index contributed by atoms with van der Waals surface area (Å²) in [6.45, 7) is 3.21. The summed E-state index contributed by atoms with van der Waals surface area (Å²) in [4.78, 5) is 0. The Labute approximate surface area is 120 Å². The SMILES string of the molecule is CCC=CCC=CCC=CCCCCCCC[N]C. The molecule has 0 N–H and O–H groups in total. The van der Waals surface area contributed by atoms with Gasteiger partial charge >= 0.3 is 0 Å². The standard InChI is InChI=1S/C18H32N/c1-3-4-5-6-7-8-9-10-11-12-13-14-15-16-17-18-19-2/h4-5,7-8,10-11H,3,6,9,12-18H2,1-2H3. The van der Waals surface area contributed by atoms with Crippen molar-refractivity contribution in [1.82, 2.24) is 5.32 Å². The fraction of sp³-hybridized carbons (Fsp3) is 0.667.